The lowest BCUT2D eigenvalue weighted by atomic mass is 10.0. The number of fused-ring (bicyclic) bond motifs is 1. The number of pyridine rings is 1. The fourth-order valence-electron chi connectivity index (χ4n) is 2.37. The molecule has 0 aromatic carbocycles. The molecule has 0 aliphatic heterocycles. The molecular weight excluding hydrogens is 210 g/mol. The van der Waals surface area contributed by atoms with Gasteiger partial charge in [-0.1, -0.05) is 19.9 Å². The Labute approximate surface area is 103 Å². The van der Waals surface area contributed by atoms with Crippen molar-refractivity contribution in [2.75, 3.05) is 7.05 Å². The van der Waals surface area contributed by atoms with Crippen LogP contribution in [0.1, 0.15) is 44.1 Å². The first-order valence-corrected chi connectivity index (χ1v) is 6.42. The summed E-state index contributed by atoms with van der Waals surface area (Å²) < 4.78 is 2.24. The molecule has 0 saturated heterocycles. The van der Waals surface area contributed by atoms with E-state index in [1.54, 1.807) is 0 Å². The molecule has 0 amide bonds. The number of nitrogens with one attached hydrogen (secondary N) is 1. The lowest BCUT2D eigenvalue weighted by Gasteiger charge is -2.10. The quantitative estimate of drug-likeness (QED) is 0.857. The van der Waals surface area contributed by atoms with E-state index in [-0.39, 0.29) is 0 Å². The van der Waals surface area contributed by atoms with Crippen LogP contribution in [0.15, 0.2) is 24.4 Å². The topological polar surface area (TPSA) is 29.3 Å². The van der Waals surface area contributed by atoms with Crippen LogP contribution < -0.4 is 5.32 Å². The van der Waals surface area contributed by atoms with E-state index in [0.717, 1.165) is 25.1 Å². The zero-order valence-electron chi connectivity index (χ0n) is 10.9. The van der Waals surface area contributed by atoms with E-state index in [0.29, 0.717) is 5.92 Å². The van der Waals surface area contributed by atoms with Gasteiger partial charge in [0.25, 0.3) is 0 Å². The molecule has 1 N–H and O–H groups in total. The summed E-state index contributed by atoms with van der Waals surface area (Å²) in [6.07, 6.45) is 4.40. The Morgan fingerprint density at radius 1 is 1.29 bits per heavy atom. The number of rotatable bonds is 5. The Balaban J connectivity index is 2.55. The first-order valence-electron chi connectivity index (χ1n) is 6.42. The normalized spacial score (nSPS) is 11.5. The molecule has 0 unspecified atom stereocenters. The summed E-state index contributed by atoms with van der Waals surface area (Å²) in [6.45, 7) is 5.29. The Hall–Kier alpha value is -1.35. The van der Waals surface area contributed by atoms with Crippen LogP contribution in [0.3, 0.4) is 0 Å². The fourth-order valence-corrected chi connectivity index (χ4v) is 2.37. The molecule has 0 aliphatic rings. The molecule has 0 fully saturated rings. The van der Waals surface area contributed by atoms with Gasteiger partial charge in [-0.25, -0.2) is 4.98 Å². The second-order valence-corrected chi connectivity index (χ2v) is 4.42. The van der Waals surface area contributed by atoms with Gasteiger partial charge in [0, 0.05) is 18.7 Å². The van der Waals surface area contributed by atoms with Gasteiger partial charge >= 0.3 is 0 Å². The zero-order valence-corrected chi connectivity index (χ0v) is 10.9. The van der Waals surface area contributed by atoms with E-state index in [2.05, 4.69) is 48.0 Å². The van der Waals surface area contributed by atoms with Gasteiger partial charge in [-0.15, -0.1) is 0 Å². The van der Waals surface area contributed by atoms with Gasteiger partial charge in [0.1, 0.15) is 5.82 Å². The third kappa shape index (κ3) is 2.20. The summed E-state index contributed by atoms with van der Waals surface area (Å²) in [6, 6.07) is 6.29. The number of hydrogen-bond acceptors (Lipinski definition) is 2. The minimum absolute atomic E-state index is 0.551. The van der Waals surface area contributed by atoms with Crippen LogP contribution in [0.4, 0.5) is 0 Å². The standard InChI is InChI=1S/C14H21N3/c1-4-11(5-2)14-16-12(10-15-3)13-8-6-7-9-17(13)14/h6-9,11,15H,4-5,10H2,1-3H3. The molecule has 0 saturated carbocycles. The van der Waals surface area contributed by atoms with E-state index >= 15 is 0 Å². The average molecular weight is 231 g/mol. The van der Waals surface area contributed by atoms with Crippen LogP contribution in [0, 0.1) is 0 Å². The maximum atomic E-state index is 4.82. The van der Waals surface area contributed by atoms with Crippen molar-refractivity contribution in [2.24, 2.45) is 0 Å². The van der Waals surface area contributed by atoms with Gasteiger partial charge in [-0.3, -0.25) is 0 Å². The zero-order chi connectivity index (χ0) is 12.3. The van der Waals surface area contributed by atoms with Gasteiger partial charge in [-0.05, 0) is 32.0 Å². The fraction of sp³-hybridized carbons (Fsp3) is 0.500. The Bertz CT molecular complexity index is 483. The molecule has 3 nitrogen and oxygen atoms in total. The summed E-state index contributed by atoms with van der Waals surface area (Å²) in [4.78, 5) is 4.82. The van der Waals surface area contributed by atoms with Crippen LogP contribution in [0.25, 0.3) is 5.52 Å². The van der Waals surface area contributed by atoms with Crippen molar-refractivity contribution in [2.45, 2.75) is 39.2 Å². The van der Waals surface area contributed by atoms with Crippen LogP contribution >= 0.6 is 0 Å². The highest BCUT2D eigenvalue weighted by Crippen LogP contribution is 2.24. The third-order valence-electron chi connectivity index (χ3n) is 3.35. The molecule has 2 heterocycles. The van der Waals surface area contributed by atoms with Crippen molar-refractivity contribution < 1.29 is 0 Å². The predicted octanol–water partition coefficient (Wildman–Crippen LogP) is 2.96. The molecule has 92 valence electrons. The van der Waals surface area contributed by atoms with E-state index in [9.17, 15) is 0 Å². The summed E-state index contributed by atoms with van der Waals surface area (Å²) in [5, 5.41) is 3.19. The Morgan fingerprint density at radius 2 is 2.06 bits per heavy atom. The van der Waals surface area contributed by atoms with Gasteiger partial charge in [0.2, 0.25) is 0 Å². The highest BCUT2D eigenvalue weighted by atomic mass is 15.0. The summed E-state index contributed by atoms with van der Waals surface area (Å²) in [7, 11) is 1.96. The van der Waals surface area contributed by atoms with Gasteiger partial charge < -0.3 is 9.72 Å². The number of nitrogens with zero attached hydrogens (tertiary/aromatic N) is 2. The average Bonchev–Trinajstić information content (AvgIpc) is 2.72. The maximum absolute atomic E-state index is 4.82. The van der Waals surface area contributed by atoms with E-state index in [1.165, 1.54) is 11.3 Å². The molecule has 2 aromatic rings. The maximum Gasteiger partial charge on any atom is 0.116 e. The van der Waals surface area contributed by atoms with Crippen molar-refractivity contribution in [1.29, 1.82) is 0 Å². The van der Waals surface area contributed by atoms with Crippen molar-refractivity contribution in [3.8, 4) is 0 Å². The molecule has 2 aromatic heterocycles. The Morgan fingerprint density at radius 3 is 2.71 bits per heavy atom. The van der Waals surface area contributed by atoms with Crippen molar-refractivity contribution in [3.05, 3.63) is 35.9 Å². The van der Waals surface area contributed by atoms with Gasteiger partial charge in [0.05, 0.1) is 11.2 Å². The predicted molar refractivity (Wildman–Crippen MR) is 71.3 cm³/mol. The minimum atomic E-state index is 0.551. The monoisotopic (exact) mass is 231 g/mol. The SMILES string of the molecule is CCC(CC)c1nc(CNC)c2ccccn12. The molecule has 3 heteroatoms. The molecule has 0 atom stereocenters. The lowest BCUT2D eigenvalue weighted by molar-refractivity contribution is 0.597. The molecule has 0 spiro atoms. The molecule has 17 heavy (non-hydrogen) atoms. The second-order valence-electron chi connectivity index (χ2n) is 4.42. The van der Waals surface area contributed by atoms with Crippen LogP contribution in [-0.2, 0) is 6.54 Å². The summed E-state index contributed by atoms with van der Waals surface area (Å²) in [5.41, 5.74) is 2.37. The smallest absolute Gasteiger partial charge is 0.116 e. The Kier molecular flexibility index (Phi) is 3.79. The van der Waals surface area contributed by atoms with Crippen molar-refractivity contribution >= 4 is 5.52 Å². The lowest BCUT2D eigenvalue weighted by Crippen LogP contribution is -2.06. The van der Waals surface area contributed by atoms with Gasteiger partial charge in [-0.2, -0.15) is 0 Å². The second kappa shape index (κ2) is 5.32. The largest absolute Gasteiger partial charge is 0.314 e. The van der Waals surface area contributed by atoms with E-state index in [4.69, 9.17) is 4.98 Å². The summed E-state index contributed by atoms with van der Waals surface area (Å²) >= 11 is 0. The van der Waals surface area contributed by atoms with E-state index in [1.807, 2.05) is 7.05 Å². The molecular formula is C14H21N3. The minimum Gasteiger partial charge on any atom is -0.314 e. The van der Waals surface area contributed by atoms with Gasteiger partial charge in [0.15, 0.2) is 0 Å². The molecule has 0 radical (unpaired) electrons. The van der Waals surface area contributed by atoms with Crippen LogP contribution in [0.5, 0.6) is 0 Å². The number of hydrogen-bond donors (Lipinski definition) is 1. The first kappa shape index (κ1) is 12.1. The number of aromatic nitrogens is 2. The van der Waals surface area contributed by atoms with Crippen LogP contribution in [-0.4, -0.2) is 16.4 Å². The summed E-state index contributed by atoms with van der Waals surface area (Å²) in [5.74, 6) is 1.76. The molecule has 0 bridgehead atoms. The highest BCUT2D eigenvalue weighted by molar-refractivity contribution is 5.53. The molecule has 2 rings (SSSR count). The highest BCUT2D eigenvalue weighted by Gasteiger charge is 2.16. The van der Waals surface area contributed by atoms with Crippen molar-refractivity contribution in [3.63, 3.8) is 0 Å². The number of imidazole rings is 1. The van der Waals surface area contributed by atoms with E-state index < -0.39 is 0 Å². The molecule has 0 aliphatic carbocycles. The third-order valence-corrected chi connectivity index (χ3v) is 3.35. The van der Waals surface area contributed by atoms with Crippen molar-refractivity contribution in [1.82, 2.24) is 14.7 Å². The van der Waals surface area contributed by atoms with Crippen LogP contribution in [0.2, 0.25) is 0 Å². The first-order chi connectivity index (χ1) is 8.31.